The Morgan fingerprint density at radius 3 is 2.65 bits per heavy atom. The summed E-state index contributed by atoms with van der Waals surface area (Å²) < 4.78 is 26.3. The number of alkyl halides is 2. The third-order valence-electron chi connectivity index (χ3n) is 3.09. The Balaban J connectivity index is 2.32. The second kappa shape index (κ2) is 6.32. The van der Waals surface area contributed by atoms with Crippen LogP contribution in [-0.4, -0.2) is 11.5 Å². The van der Waals surface area contributed by atoms with Crippen LogP contribution in [0.5, 0.6) is 0 Å². The molecule has 5 heteroatoms. The third-order valence-corrected chi connectivity index (χ3v) is 3.09. The number of rotatable bonds is 5. The summed E-state index contributed by atoms with van der Waals surface area (Å²) in [7, 11) is 0. The Morgan fingerprint density at radius 2 is 2.05 bits per heavy atom. The first kappa shape index (κ1) is 14.2. The van der Waals surface area contributed by atoms with Gasteiger partial charge in [0, 0.05) is 29.7 Å². The standard InChI is InChI=1S/C15H17F2N3/c1-2-20(10-12-5-3-4-8-19-12)14-7-6-11(18)9-13(14)15(16)17/h3-9,15H,2,10,18H2,1H3. The normalized spacial score (nSPS) is 10.8. The zero-order valence-corrected chi connectivity index (χ0v) is 11.3. The third kappa shape index (κ3) is 3.23. The summed E-state index contributed by atoms with van der Waals surface area (Å²) in [4.78, 5) is 6.09. The van der Waals surface area contributed by atoms with Gasteiger partial charge < -0.3 is 10.6 Å². The van der Waals surface area contributed by atoms with Crippen LogP contribution in [0.3, 0.4) is 0 Å². The number of halogens is 2. The predicted octanol–water partition coefficient (Wildman–Crippen LogP) is 3.63. The molecule has 2 N–H and O–H groups in total. The molecule has 0 atom stereocenters. The van der Waals surface area contributed by atoms with Crippen LogP contribution in [0.1, 0.15) is 24.6 Å². The highest BCUT2D eigenvalue weighted by molar-refractivity contribution is 5.60. The maximum Gasteiger partial charge on any atom is 0.265 e. The second-order valence-electron chi connectivity index (χ2n) is 4.45. The molecule has 0 saturated heterocycles. The van der Waals surface area contributed by atoms with Gasteiger partial charge in [0.2, 0.25) is 0 Å². The van der Waals surface area contributed by atoms with Crippen molar-refractivity contribution in [2.75, 3.05) is 17.2 Å². The Hall–Kier alpha value is -2.17. The van der Waals surface area contributed by atoms with Gasteiger partial charge >= 0.3 is 0 Å². The first-order chi connectivity index (χ1) is 9.61. The number of hydrogen-bond acceptors (Lipinski definition) is 3. The van der Waals surface area contributed by atoms with E-state index in [0.717, 1.165) is 5.69 Å². The highest BCUT2D eigenvalue weighted by Gasteiger charge is 2.17. The minimum absolute atomic E-state index is 0.0391. The molecule has 106 valence electrons. The fourth-order valence-electron chi connectivity index (χ4n) is 2.09. The molecule has 0 amide bonds. The van der Waals surface area contributed by atoms with E-state index in [-0.39, 0.29) is 5.56 Å². The molecule has 0 unspecified atom stereocenters. The Labute approximate surface area is 117 Å². The Kier molecular flexibility index (Phi) is 4.50. The van der Waals surface area contributed by atoms with Crippen molar-refractivity contribution in [1.82, 2.24) is 4.98 Å². The van der Waals surface area contributed by atoms with Gasteiger partial charge in [-0.1, -0.05) is 6.07 Å². The minimum atomic E-state index is -2.55. The van der Waals surface area contributed by atoms with E-state index in [9.17, 15) is 8.78 Å². The molecule has 3 nitrogen and oxygen atoms in total. The lowest BCUT2D eigenvalue weighted by molar-refractivity contribution is 0.152. The molecule has 1 heterocycles. The lowest BCUT2D eigenvalue weighted by Gasteiger charge is -2.25. The molecule has 0 spiro atoms. The SMILES string of the molecule is CCN(Cc1ccccn1)c1ccc(N)cc1C(F)F. The predicted molar refractivity (Wildman–Crippen MR) is 76.8 cm³/mol. The van der Waals surface area contributed by atoms with Crippen LogP contribution in [0.15, 0.2) is 42.6 Å². The van der Waals surface area contributed by atoms with E-state index in [0.29, 0.717) is 24.5 Å². The van der Waals surface area contributed by atoms with Crippen molar-refractivity contribution in [1.29, 1.82) is 0 Å². The molecule has 0 radical (unpaired) electrons. The van der Waals surface area contributed by atoms with Gasteiger partial charge in [-0.05, 0) is 37.3 Å². The van der Waals surface area contributed by atoms with E-state index in [1.165, 1.54) is 6.07 Å². The minimum Gasteiger partial charge on any atom is -0.399 e. The molecule has 0 saturated carbocycles. The van der Waals surface area contributed by atoms with Crippen molar-refractivity contribution < 1.29 is 8.78 Å². The van der Waals surface area contributed by atoms with E-state index in [1.54, 1.807) is 18.3 Å². The Bertz CT molecular complexity index is 558. The molecule has 2 aromatic rings. The average Bonchev–Trinajstić information content (AvgIpc) is 2.46. The largest absolute Gasteiger partial charge is 0.399 e. The first-order valence-corrected chi connectivity index (χ1v) is 6.44. The lowest BCUT2D eigenvalue weighted by atomic mass is 10.1. The maximum absolute atomic E-state index is 13.1. The molecule has 0 fully saturated rings. The maximum atomic E-state index is 13.1. The number of nitrogens with zero attached hydrogens (tertiary/aromatic N) is 2. The molecule has 0 aliphatic rings. The monoisotopic (exact) mass is 277 g/mol. The van der Waals surface area contributed by atoms with Crippen molar-refractivity contribution in [3.63, 3.8) is 0 Å². The van der Waals surface area contributed by atoms with E-state index >= 15 is 0 Å². The number of nitrogens with two attached hydrogens (primary N) is 1. The van der Waals surface area contributed by atoms with E-state index < -0.39 is 6.43 Å². The van der Waals surface area contributed by atoms with Crippen molar-refractivity contribution >= 4 is 11.4 Å². The smallest absolute Gasteiger partial charge is 0.265 e. The summed E-state index contributed by atoms with van der Waals surface area (Å²) in [5.41, 5.74) is 7.24. The number of aromatic nitrogens is 1. The number of hydrogen-bond donors (Lipinski definition) is 1. The molecular formula is C15H17F2N3. The summed E-state index contributed by atoms with van der Waals surface area (Å²) in [5, 5.41) is 0. The van der Waals surface area contributed by atoms with E-state index in [2.05, 4.69) is 4.98 Å². The molecular weight excluding hydrogens is 260 g/mol. The van der Waals surface area contributed by atoms with Crippen molar-refractivity contribution in [2.45, 2.75) is 19.9 Å². The highest BCUT2D eigenvalue weighted by Crippen LogP contribution is 2.32. The number of pyridine rings is 1. The van der Waals surface area contributed by atoms with Gasteiger partial charge in [-0.2, -0.15) is 0 Å². The summed E-state index contributed by atoms with van der Waals surface area (Å²) in [5.74, 6) is 0. The van der Waals surface area contributed by atoms with Gasteiger partial charge in [-0.25, -0.2) is 8.78 Å². The zero-order valence-electron chi connectivity index (χ0n) is 11.3. The second-order valence-corrected chi connectivity index (χ2v) is 4.45. The molecule has 1 aromatic carbocycles. The van der Waals surface area contributed by atoms with Gasteiger partial charge in [0.05, 0.1) is 12.2 Å². The topological polar surface area (TPSA) is 42.2 Å². The summed E-state index contributed by atoms with van der Waals surface area (Å²) in [6, 6.07) is 10.2. The number of anilines is 2. The molecule has 1 aromatic heterocycles. The van der Waals surface area contributed by atoms with Gasteiger partial charge in [0.1, 0.15) is 0 Å². The summed E-state index contributed by atoms with van der Waals surface area (Å²) in [6.45, 7) is 3.02. The fourth-order valence-corrected chi connectivity index (χ4v) is 2.09. The lowest BCUT2D eigenvalue weighted by Crippen LogP contribution is -2.24. The molecule has 2 rings (SSSR count). The molecule has 0 aliphatic heterocycles. The Morgan fingerprint density at radius 1 is 1.25 bits per heavy atom. The fraction of sp³-hybridized carbons (Fsp3) is 0.267. The van der Waals surface area contributed by atoms with E-state index in [4.69, 9.17) is 5.73 Å². The molecule has 20 heavy (non-hydrogen) atoms. The van der Waals surface area contributed by atoms with Gasteiger partial charge in [0.25, 0.3) is 6.43 Å². The summed E-state index contributed by atoms with van der Waals surface area (Å²) >= 11 is 0. The van der Waals surface area contributed by atoms with Crippen LogP contribution in [0.4, 0.5) is 20.2 Å². The van der Waals surface area contributed by atoms with Crippen LogP contribution in [0, 0.1) is 0 Å². The van der Waals surface area contributed by atoms with Crippen molar-refractivity contribution in [3.05, 3.63) is 53.9 Å². The van der Waals surface area contributed by atoms with Crippen LogP contribution >= 0.6 is 0 Å². The molecule has 0 aliphatic carbocycles. The number of benzene rings is 1. The quantitative estimate of drug-likeness (QED) is 0.849. The van der Waals surface area contributed by atoms with Crippen LogP contribution in [0.2, 0.25) is 0 Å². The van der Waals surface area contributed by atoms with Gasteiger partial charge in [-0.15, -0.1) is 0 Å². The molecule has 0 bridgehead atoms. The summed E-state index contributed by atoms with van der Waals surface area (Å²) in [6.07, 6.45) is -0.855. The van der Waals surface area contributed by atoms with E-state index in [1.807, 2.05) is 30.0 Å². The van der Waals surface area contributed by atoms with Crippen LogP contribution in [-0.2, 0) is 6.54 Å². The average molecular weight is 277 g/mol. The van der Waals surface area contributed by atoms with Crippen molar-refractivity contribution in [3.8, 4) is 0 Å². The van der Waals surface area contributed by atoms with Crippen molar-refractivity contribution in [2.24, 2.45) is 0 Å². The van der Waals surface area contributed by atoms with Crippen LogP contribution < -0.4 is 10.6 Å². The van der Waals surface area contributed by atoms with Crippen LogP contribution in [0.25, 0.3) is 0 Å². The first-order valence-electron chi connectivity index (χ1n) is 6.44. The zero-order chi connectivity index (χ0) is 14.5. The number of nitrogen functional groups attached to an aromatic ring is 1. The highest BCUT2D eigenvalue weighted by atomic mass is 19.3. The van der Waals surface area contributed by atoms with Gasteiger partial charge in [-0.3, -0.25) is 4.98 Å². The van der Waals surface area contributed by atoms with Gasteiger partial charge in [0.15, 0.2) is 0 Å².